The van der Waals surface area contributed by atoms with E-state index in [1.165, 1.54) is 22.3 Å². The number of aliphatic carboxylic acids is 1. The Hall–Kier alpha value is -3.35. The molecule has 1 fully saturated rings. The molecule has 0 aromatic heterocycles. The molecule has 4 rings (SSSR count). The number of carboxylic acid groups (broad SMARTS) is 1. The van der Waals surface area contributed by atoms with Gasteiger partial charge in [0.15, 0.2) is 0 Å². The standard InChI is InChI=1S/C28H34N2O5/c1-2-15-30(16-14-26(31)32)27(33)19-8-7-9-20(17-19)29-28(34)35-18-25-23-12-5-3-10-21(23)22-11-4-6-13-24(22)25/h3-6,10-13,19-20,25H,2,7-9,14-18H2,1H3,(H,29,34)(H,31,32)/t19-,20+/m0/s1. The number of hydrogen-bond donors (Lipinski definition) is 2. The van der Waals surface area contributed by atoms with Gasteiger partial charge in [0.2, 0.25) is 5.91 Å². The molecule has 0 radical (unpaired) electrons. The van der Waals surface area contributed by atoms with E-state index in [0.717, 1.165) is 25.7 Å². The molecule has 0 bridgehead atoms. The van der Waals surface area contributed by atoms with Crippen molar-refractivity contribution in [3.8, 4) is 11.1 Å². The average Bonchev–Trinajstić information content (AvgIpc) is 3.18. The molecule has 0 unspecified atom stereocenters. The molecule has 2 N–H and O–H groups in total. The largest absolute Gasteiger partial charge is 0.481 e. The summed E-state index contributed by atoms with van der Waals surface area (Å²) in [4.78, 5) is 38.4. The Morgan fingerprint density at radius 2 is 1.66 bits per heavy atom. The zero-order valence-corrected chi connectivity index (χ0v) is 20.2. The average molecular weight is 479 g/mol. The van der Waals surface area contributed by atoms with Gasteiger partial charge in [-0.05, 0) is 47.9 Å². The molecule has 7 heteroatoms. The van der Waals surface area contributed by atoms with Gasteiger partial charge in [0.25, 0.3) is 0 Å². The summed E-state index contributed by atoms with van der Waals surface area (Å²) in [5.41, 5.74) is 4.71. The van der Waals surface area contributed by atoms with Gasteiger partial charge in [-0.1, -0.05) is 61.9 Å². The van der Waals surface area contributed by atoms with E-state index in [9.17, 15) is 14.4 Å². The summed E-state index contributed by atoms with van der Waals surface area (Å²) in [7, 11) is 0. The van der Waals surface area contributed by atoms with Crippen LogP contribution in [0.3, 0.4) is 0 Å². The first kappa shape index (κ1) is 24.8. The first-order valence-corrected chi connectivity index (χ1v) is 12.6. The van der Waals surface area contributed by atoms with Crippen molar-refractivity contribution in [3.05, 3.63) is 59.7 Å². The molecule has 0 heterocycles. The zero-order chi connectivity index (χ0) is 24.8. The molecule has 35 heavy (non-hydrogen) atoms. The SMILES string of the molecule is CCCN(CCC(=O)O)C(=O)[C@H]1CCC[C@@H](NC(=O)OCC2c3ccccc3-c3ccccc32)C1. The highest BCUT2D eigenvalue weighted by Gasteiger charge is 2.32. The second-order valence-electron chi connectivity index (χ2n) is 9.50. The number of carbonyl (C=O) groups is 3. The number of ether oxygens (including phenoxy) is 1. The van der Waals surface area contributed by atoms with Crippen LogP contribution >= 0.6 is 0 Å². The van der Waals surface area contributed by atoms with E-state index < -0.39 is 12.1 Å². The smallest absolute Gasteiger partial charge is 0.407 e. The minimum atomic E-state index is -0.905. The van der Waals surface area contributed by atoms with Gasteiger partial charge in [-0.25, -0.2) is 4.79 Å². The molecule has 1 saturated carbocycles. The maximum absolute atomic E-state index is 13.1. The minimum absolute atomic E-state index is 0.00525. The molecule has 2 aromatic rings. The Balaban J connectivity index is 1.32. The van der Waals surface area contributed by atoms with Crippen molar-refractivity contribution < 1.29 is 24.2 Å². The normalized spacial score (nSPS) is 18.9. The number of amides is 2. The van der Waals surface area contributed by atoms with Crippen LogP contribution in [0.1, 0.15) is 62.5 Å². The summed E-state index contributed by atoms with van der Waals surface area (Å²) in [6.07, 6.45) is 3.21. The number of carbonyl (C=O) groups excluding carboxylic acids is 2. The molecule has 2 aromatic carbocycles. The van der Waals surface area contributed by atoms with Crippen molar-refractivity contribution in [2.45, 2.75) is 57.4 Å². The maximum atomic E-state index is 13.1. The zero-order valence-electron chi connectivity index (χ0n) is 20.2. The van der Waals surface area contributed by atoms with Crippen LogP contribution in [0, 0.1) is 5.92 Å². The number of carboxylic acids is 1. The third-order valence-electron chi connectivity index (χ3n) is 7.09. The van der Waals surface area contributed by atoms with Crippen LogP contribution in [0.5, 0.6) is 0 Å². The fraction of sp³-hybridized carbons (Fsp3) is 0.464. The van der Waals surface area contributed by atoms with Crippen LogP contribution in [0.15, 0.2) is 48.5 Å². The number of benzene rings is 2. The Morgan fingerprint density at radius 3 is 2.29 bits per heavy atom. The minimum Gasteiger partial charge on any atom is -0.481 e. The van der Waals surface area contributed by atoms with Crippen LogP contribution in [0.25, 0.3) is 11.1 Å². The van der Waals surface area contributed by atoms with Gasteiger partial charge in [-0.2, -0.15) is 0 Å². The number of nitrogens with zero attached hydrogens (tertiary/aromatic N) is 1. The lowest BCUT2D eigenvalue weighted by molar-refractivity contribution is -0.140. The number of fused-ring (bicyclic) bond motifs is 3. The van der Waals surface area contributed by atoms with E-state index in [1.807, 2.05) is 31.2 Å². The lowest BCUT2D eigenvalue weighted by Gasteiger charge is -2.32. The summed E-state index contributed by atoms with van der Waals surface area (Å²) >= 11 is 0. The molecule has 0 saturated heterocycles. The van der Waals surface area contributed by atoms with E-state index in [-0.39, 0.29) is 43.4 Å². The molecule has 2 amide bonds. The quantitative estimate of drug-likeness (QED) is 0.540. The second kappa shape index (κ2) is 11.4. The molecule has 2 aliphatic rings. The second-order valence-corrected chi connectivity index (χ2v) is 9.50. The van der Waals surface area contributed by atoms with Crippen LogP contribution in [-0.4, -0.2) is 53.7 Å². The Kier molecular flexibility index (Phi) is 8.06. The van der Waals surface area contributed by atoms with Gasteiger partial charge >= 0.3 is 12.1 Å². The van der Waals surface area contributed by atoms with E-state index >= 15 is 0 Å². The number of hydrogen-bond acceptors (Lipinski definition) is 4. The highest BCUT2D eigenvalue weighted by atomic mass is 16.5. The summed E-state index contributed by atoms with van der Waals surface area (Å²) in [6.45, 7) is 3.01. The highest BCUT2D eigenvalue weighted by molar-refractivity contribution is 5.80. The van der Waals surface area contributed by atoms with Crippen LogP contribution < -0.4 is 5.32 Å². The lowest BCUT2D eigenvalue weighted by Crippen LogP contribution is -2.44. The summed E-state index contributed by atoms with van der Waals surface area (Å²) in [5, 5.41) is 12.0. The van der Waals surface area contributed by atoms with E-state index in [4.69, 9.17) is 9.84 Å². The van der Waals surface area contributed by atoms with Crippen LogP contribution in [-0.2, 0) is 14.3 Å². The number of rotatable bonds is 9. The Morgan fingerprint density at radius 1 is 1.00 bits per heavy atom. The molecule has 0 aliphatic heterocycles. The number of nitrogens with one attached hydrogen (secondary N) is 1. The monoisotopic (exact) mass is 478 g/mol. The maximum Gasteiger partial charge on any atom is 0.407 e. The van der Waals surface area contributed by atoms with Gasteiger partial charge in [-0.15, -0.1) is 0 Å². The third-order valence-corrected chi connectivity index (χ3v) is 7.09. The molecule has 2 atom stereocenters. The Labute approximate surface area is 206 Å². The fourth-order valence-corrected chi connectivity index (χ4v) is 5.44. The molecule has 7 nitrogen and oxygen atoms in total. The predicted octanol–water partition coefficient (Wildman–Crippen LogP) is 4.80. The van der Waals surface area contributed by atoms with Gasteiger partial charge in [0, 0.05) is 31.0 Å². The molecule has 0 spiro atoms. The van der Waals surface area contributed by atoms with Crippen molar-refractivity contribution in [2.75, 3.05) is 19.7 Å². The van der Waals surface area contributed by atoms with Crippen LogP contribution in [0.2, 0.25) is 0 Å². The number of alkyl carbamates (subject to hydrolysis) is 1. The topological polar surface area (TPSA) is 95.9 Å². The summed E-state index contributed by atoms with van der Waals surface area (Å²) in [6, 6.07) is 16.3. The summed E-state index contributed by atoms with van der Waals surface area (Å²) in [5.74, 6) is -1.11. The van der Waals surface area contributed by atoms with E-state index in [2.05, 4.69) is 29.6 Å². The van der Waals surface area contributed by atoms with Crippen molar-refractivity contribution in [1.29, 1.82) is 0 Å². The van der Waals surface area contributed by atoms with E-state index in [0.29, 0.717) is 13.0 Å². The Bertz CT molecular complexity index is 1020. The molecular formula is C28H34N2O5. The van der Waals surface area contributed by atoms with Gasteiger partial charge < -0.3 is 20.1 Å². The molecule has 2 aliphatic carbocycles. The van der Waals surface area contributed by atoms with E-state index in [1.54, 1.807) is 4.90 Å². The molecular weight excluding hydrogens is 444 g/mol. The van der Waals surface area contributed by atoms with Crippen molar-refractivity contribution in [1.82, 2.24) is 10.2 Å². The first-order valence-electron chi connectivity index (χ1n) is 12.6. The van der Waals surface area contributed by atoms with Crippen molar-refractivity contribution in [3.63, 3.8) is 0 Å². The van der Waals surface area contributed by atoms with Crippen LogP contribution in [0.4, 0.5) is 4.79 Å². The van der Waals surface area contributed by atoms with Crippen molar-refractivity contribution in [2.24, 2.45) is 5.92 Å². The van der Waals surface area contributed by atoms with Gasteiger partial charge in [-0.3, -0.25) is 9.59 Å². The predicted molar refractivity (Wildman–Crippen MR) is 133 cm³/mol. The van der Waals surface area contributed by atoms with Crippen molar-refractivity contribution >= 4 is 18.0 Å². The summed E-state index contributed by atoms with van der Waals surface area (Å²) < 4.78 is 5.68. The molecule has 186 valence electrons. The lowest BCUT2D eigenvalue weighted by atomic mass is 9.84. The van der Waals surface area contributed by atoms with Gasteiger partial charge in [0.05, 0.1) is 6.42 Å². The highest BCUT2D eigenvalue weighted by Crippen LogP contribution is 2.44. The third kappa shape index (κ3) is 5.84. The van der Waals surface area contributed by atoms with Gasteiger partial charge in [0.1, 0.15) is 6.61 Å². The fourth-order valence-electron chi connectivity index (χ4n) is 5.44. The first-order chi connectivity index (χ1) is 17.0.